The quantitative estimate of drug-likeness (QED) is 0.0721. The Morgan fingerprint density at radius 1 is 0.625 bits per heavy atom. The number of nitrogens with two attached hydrogens (primary N) is 1. The first-order valence-electron chi connectivity index (χ1n) is 22.4. The molecule has 2 heterocycles. The van der Waals surface area contributed by atoms with Gasteiger partial charge in [-0.15, -0.1) is 0 Å². The largest absolute Gasteiger partial charge is 0.387 e. The van der Waals surface area contributed by atoms with E-state index in [1.54, 1.807) is 18.5 Å². The van der Waals surface area contributed by atoms with Crippen LogP contribution < -0.4 is 11.1 Å². The third-order valence-electron chi connectivity index (χ3n) is 8.88. The van der Waals surface area contributed by atoms with Gasteiger partial charge in [0.05, 0.1) is 138 Å². The van der Waals surface area contributed by atoms with Crippen LogP contribution in [0.3, 0.4) is 0 Å². The number of carbonyl (C=O) groups is 2. The minimum atomic E-state index is -0.285. The van der Waals surface area contributed by atoms with Gasteiger partial charge in [-0.3, -0.25) is 14.4 Å². The zero-order valence-corrected chi connectivity index (χ0v) is 38.0. The van der Waals surface area contributed by atoms with Crippen LogP contribution in [0.5, 0.6) is 0 Å². The summed E-state index contributed by atoms with van der Waals surface area (Å²) in [6, 6.07) is 5.73. The van der Waals surface area contributed by atoms with Gasteiger partial charge < -0.3 is 58.4 Å². The fraction of sp³-hybridized carbons (Fsp3) is 0.667. The van der Waals surface area contributed by atoms with Gasteiger partial charge in [0.1, 0.15) is 12.2 Å². The van der Waals surface area contributed by atoms with Gasteiger partial charge in [-0.2, -0.15) is 0 Å². The Bertz CT molecular complexity index is 1570. The number of carbonyl (C=O) groups excluding carboxylic acids is 2. The Morgan fingerprint density at radius 3 is 1.59 bits per heavy atom. The molecule has 2 aromatic rings. The molecule has 1 aliphatic rings. The number of hydrogen-bond acceptors (Lipinski definition) is 17. The maximum atomic E-state index is 13.5. The summed E-state index contributed by atoms with van der Waals surface area (Å²) < 4.78 is 54.8. The molecule has 1 aliphatic heterocycles. The summed E-state index contributed by atoms with van der Waals surface area (Å²) in [7, 11) is 0. The fourth-order valence-electron chi connectivity index (χ4n) is 5.73. The second-order valence-corrected chi connectivity index (χ2v) is 14.2. The Hall–Kier alpha value is -3.99. The number of benzene rings is 1. The number of amidine groups is 1. The molecular weight excluding hydrogens is 833 g/mol. The van der Waals surface area contributed by atoms with Gasteiger partial charge in [0.15, 0.2) is 0 Å². The van der Waals surface area contributed by atoms with Crippen molar-refractivity contribution in [2.75, 3.05) is 152 Å². The number of nitrogens with zero attached hydrogens (tertiary/aromatic N) is 4. The number of amides is 2. The monoisotopic (exact) mass is 905 g/mol. The SMILES string of the molecule is CCCOCCOCCOCCOCCOCCOCCOCCOCCOCCOCCNC(=O)CCCON(CCC)C(=O)C1=Cc2ccc(-c3cncnc3)cc2N=C(N)C1. The molecule has 64 heavy (non-hydrogen) atoms. The molecule has 3 N–H and O–H groups in total. The average molecular weight is 905 g/mol. The molecule has 1 aromatic heterocycles. The van der Waals surface area contributed by atoms with Gasteiger partial charge in [0.25, 0.3) is 5.91 Å². The molecule has 0 atom stereocenters. The number of aromatic nitrogens is 2. The van der Waals surface area contributed by atoms with Gasteiger partial charge in [-0.25, -0.2) is 20.0 Å². The second-order valence-electron chi connectivity index (χ2n) is 14.2. The second kappa shape index (κ2) is 37.3. The van der Waals surface area contributed by atoms with E-state index in [1.807, 2.05) is 25.1 Å². The predicted octanol–water partition coefficient (Wildman–Crippen LogP) is 3.56. The van der Waals surface area contributed by atoms with E-state index in [2.05, 4.69) is 27.2 Å². The Kier molecular flexibility index (Phi) is 31.6. The Balaban J connectivity index is 1.06. The van der Waals surface area contributed by atoms with E-state index in [0.717, 1.165) is 29.7 Å². The number of nitrogens with one attached hydrogen (secondary N) is 1. The number of rotatable bonds is 41. The number of hydroxylamine groups is 2. The Morgan fingerprint density at radius 2 is 1.11 bits per heavy atom. The summed E-state index contributed by atoms with van der Waals surface area (Å²) in [4.78, 5) is 44.5. The lowest BCUT2D eigenvalue weighted by Crippen LogP contribution is -2.34. The van der Waals surface area contributed by atoms with Crippen molar-refractivity contribution in [1.82, 2.24) is 20.3 Å². The van der Waals surface area contributed by atoms with E-state index in [-0.39, 0.29) is 31.3 Å². The Labute approximate surface area is 378 Å². The lowest BCUT2D eigenvalue weighted by atomic mass is 10.0. The minimum absolute atomic E-state index is 0.123. The molecule has 0 unspecified atom stereocenters. The molecular formula is C45H72N6O13. The molecule has 0 aliphatic carbocycles. The van der Waals surface area contributed by atoms with Gasteiger partial charge in [-0.1, -0.05) is 26.0 Å². The lowest BCUT2D eigenvalue weighted by molar-refractivity contribution is -0.182. The van der Waals surface area contributed by atoms with Gasteiger partial charge in [0, 0.05) is 61.6 Å². The first kappa shape index (κ1) is 54.3. The summed E-state index contributed by atoms with van der Waals surface area (Å²) in [5.41, 5.74) is 9.88. The highest BCUT2D eigenvalue weighted by Crippen LogP contribution is 2.31. The van der Waals surface area contributed by atoms with Crippen molar-refractivity contribution in [2.24, 2.45) is 10.7 Å². The van der Waals surface area contributed by atoms with Crippen molar-refractivity contribution in [3.8, 4) is 11.1 Å². The molecule has 360 valence electrons. The van der Waals surface area contributed by atoms with Crippen molar-refractivity contribution < 1.29 is 61.8 Å². The summed E-state index contributed by atoms with van der Waals surface area (Å²) in [5.74, 6) is -0.0844. The van der Waals surface area contributed by atoms with Gasteiger partial charge in [0.2, 0.25) is 5.91 Å². The summed E-state index contributed by atoms with van der Waals surface area (Å²) in [5, 5.41) is 4.18. The first-order valence-corrected chi connectivity index (χ1v) is 22.4. The van der Waals surface area contributed by atoms with Crippen molar-refractivity contribution in [3.63, 3.8) is 0 Å². The number of hydrogen-bond donors (Lipinski definition) is 2. The zero-order chi connectivity index (χ0) is 45.6. The van der Waals surface area contributed by atoms with E-state index < -0.39 is 0 Å². The molecule has 19 heteroatoms. The molecule has 0 saturated heterocycles. The van der Waals surface area contributed by atoms with E-state index in [1.165, 1.54) is 11.4 Å². The molecule has 0 saturated carbocycles. The third-order valence-corrected chi connectivity index (χ3v) is 8.88. The maximum Gasteiger partial charge on any atom is 0.273 e. The van der Waals surface area contributed by atoms with Gasteiger partial charge in [-0.05, 0) is 37.0 Å². The molecule has 19 nitrogen and oxygen atoms in total. The first-order chi connectivity index (χ1) is 31.5. The number of aliphatic imine (C=N–C) groups is 1. The summed E-state index contributed by atoms with van der Waals surface area (Å²) in [6.07, 6.45) is 9.31. The standard InChI is InChI=1S/C45H72N6O13/c1-3-10-51(45(53)40-32-39-8-7-38(41-35-47-37-48-36-41)33-42(39)50-43(46)34-40)64-12-5-6-44(52)49-9-13-55-15-17-57-19-21-59-23-25-61-27-29-63-31-30-62-28-26-60-24-22-58-20-18-56-16-14-54-11-4-2/h7-8,32-33,35-37H,3-6,9-31,34H2,1-2H3,(H2,46,50)(H,49,52). The summed E-state index contributed by atoms with van der Waals surface area (Å²) >= 11 is 0. The average Bonchev–Trinajstić information content (AvgIpc) is 3.48. The van der Waals surface area contributed by atoms with E-state index >= 15 is 0 Å². The highest BCUT2D eigenvalue weighted by Gasteiger charge is 2.22. The smallest absolute Gasteiger partial charge is 0.273 e. The van der Waals surface area contributed by atoms with Crippen molar-refractivity contribution in [2.45, 2.75) is 46.0 Å². The van der Waals surface area contributed by atoms with Crippen LogP contribution in [0.25, 0.3) is 17.2 Å². The molecule has 2 amide bonds. The highest BCUT2D eigenvalue weighted by molar-refractivity contribution is 6.05. The van der Waals surface area contributed by atoms with Crippen LogP contribution in [0.1, 0.15) is 51.5 Å². The van der Waals surface area contributed by atoms with E-state index in [4.69, 9.17) is 57.9 Å². The van der Waals surface area contributed by atoms with Crippen LogP contribution in [-0.4, -0.2) is 185 Å². The highest BCUT2D eigenvalue weighted by atomic mass is 16.7. The number of ether oxygens (including phenoxy) is 10. The van der Waals surface area contributed by atoms with Crippen LogP contribution in [0, 0.1) is 0 Å². The van der Waals surface area contributed by atoms with Gasteiger partial charge >= 0.3 is 0 Å². The van der Waals surface area contributed by atoms with Crippen molar-refractivity contribution >= 4 is 29.4 Å². The van der Waals surface area contributed by atoms with Crippen LogP contribution >= 0.6 is 0 Å². The van der Waals surface area contributed by atoms with Crippen LogP contribution in [-0.2, 0) is 61.8 Å². The molecule has 0 fully saturated rings. The summed E-state index contributed by atoms with van der Waals surface area (Å²) in [6.45, 7) is 15.1. The lowest BCUT2D eigenvalue weighted by Gasteiger charge is -2.22. The molecule has 0 spiro atoms. The van der Waals surface area contributed by atoms with Crippen LogP contribution in [0.2, 0.25) is 0 Å². The van der Waals surface area contributed by atoms with Crippen molar-refractivity contribution in [3.05, 3.63) is 48.1 Å². The maximum absolute atomic E-state index is 13.5. The van der Waals surface area contributed by atoms with Crippen LogP contribution in [0.15, 0.2) is 47.5 Å². The minimum Gasteiger partial charge on any atom is -0.387 e. The molecule has 0 radical (unpaired) electrons. The zero-order valence-electron chi connectivity index (χ0n) is 38.0. The number of fused-ring (bicyclic) bond motifs is 1. The normalized spacial score (nSPS) is 12.4. The predicted molar refractivity (Wildman–Crippen MR) is 240 cm³/mol. The van der Waals surface area contributed by atoms with E-state index in [9.17, 15) is 9.59 Å². The van der Waals surface area contributed by atoms with E-state index in [0.29, 0.717) is 169 Å². The third kappa shape index (κ3) is 26.1. The van der Waals surface area contributed by atoms with Crippen LogP contribution in [0.4, 0.5) is 5.69 Å². The fourth-order valence-corrected chi connectivity index (χ4v) is 5.73. The molecule has 3 rings (SSSR count). The molecule has 0 bridgehead atoms. The van der Waals surface area contributed by atoms with Crippen molar-refractivity contribution in [1.29, 1.82) is 0 Å². The molecule has 1 aromatic carbocycles. The topological polar surface area (TPSA) is 215 Å².